The molecule has 0 aromatic carbocycles. The third kappa shape index (κ3) is 41.4. The molecule has 0 aliphatic rings. The summed E-state index contributed by atoms with van der Waals surface area (Å²) >= 11 is 0. The molecule has 0 fully saturated rings. The monoisotopic (exact) mass is 751 g/mol. The second kappa shape index (κ2) is 40.1. The Morgan fingerprint density at radius 1 is 0.358 bits per heavy atom. The quantitative estimate of drug-likeness (QED) is 0.0352. The van der Waals surface area contributed by atoms with E-state index in [4.69, 9.17) is 14.2 Å². The smallest absolute Gasteiger partial charge is 0.306 e. The molecular formula is C47H90O6. The SMILES string of the molecule is CCCCCCCCCCCCC(=O)O[C@H](COC(=O)CCCCCCCCCCCCCCC(C)C)COC(=O)CCCCCCCCCC(C)C. The first-order valence-electron chi connectivity index (χ1n) is 23.2. The highest BCUT2D eigenvalue weighted by Gasteiger charge is 2.19. The lowest BCUT2D eigenvalue weighted by Crippen LogP contribution is -2.30. The van der Waals surface area contributed by atoms with Gasteiger partial charge in [0.1, 0.15) is 13.2 Å². The Balaban J connectivity index is 4.29. The molecule has 0 amide bonds. The number of carbonyl (C=O) groups excluding carboxylic acids is 3. The van der Waals surface area contributed by atoms with Gasteiger partial charge in [-0.25, -0.2) is 0 Å². The average Bonchev–Trinajstić information content (AvgIpc) is 3.12. The first kappa shape index (κ1) is 51.4. The summed E-state index contributed by atoms with van der Waals surface area (Å²) in [5.74, 6) is 0.756. The lowest BCUT2D eigenvalue weighted by molar-refractivity contribution is -0.167. The van der Waals surface area contributed by atoms with Crippen molar-refractivity contribution in [3.05, 3.63) is 0 Å². The molecular weight excluding hydrogens is 661 g/mol. The molecule has 0 saturated carbocycles. The van der Waals surface area contributed by atoms with Crippen LogP contribution in [0.3, 0.4) is 0 Å². The largest absolute Gasteiger partial charge is 0.462 e. The molecule has 0 aromatic rings. The van der Waals surface area contributed by atoms with Crippen LogP contribution in [0.1, 0.15) is 253 Å². The van der Waals surface area contributed by atoms with E-state index in [-0.39, 0.29) is 31.1 Å². The molecule has 0 aliphatic heterocycles. The summed E-state index contributed by atoms with van der Waals surface area (Å²) in [5.41, 5.74) is 0. The molecule has 6 heteroatoms. The number of carbonyl (C=O) groups is 3. The van der Waals surface area contributed by atoms with E-state index in [1.54, 1.807) is 0 Å². The van der Waals surface area contributed by atoms with Gasteiger partial charge in [0, 0.05) is 19.3 Å². The van der Waals surface area contributed by atoms with Crippen molar-refractivity contribution in [2.75, 3.05) is 13.2 Å². The van der Waals surface area contributed by atoms with E-state index in [2.05, 4.69) is 34.6 Å². The number of hydrogen-bond acceptors (Lipinski definition) is 6. The summed E-state index contributed by atoms with van der Waals surface area (Å²) < 4.78 is 16.7. The summed E-state index contributed by atoms with van der Waals surface area (Å²) in [6.07, 6.45) is 38.1. The third-order valence-electron chi connectivity index (χ3n) is 10.5. The van der Waals surface area contributed by atoms with Crippen LogP contribution in [0.15, 0.2) is 0 Å². The summed E-state index contributed by atoms with van der Waals surface area (Å²) in [6, 6.07) is 0. The molecule has 314 valence electrons. The molecule has 0 aliphatic carbocycles. The minimum absolute atomic E-state index is 0.0651. The zero-order chi connectivity index (χ0) is 39.0. The van der Waals surface area contributed by atoms with Crippen LogP contribution in [0, 0.1) is 11.8 Å². The number of hydrogen-bond donors (Lipinski definition) is 0. The van der Waals surface area contributed by atoms with Crippen molar-refractivity contribution in [1.29, 1.82) is 0 Å². The van der Waals surface area contributed by atoms with Crippen molar-refractivity contribution in [1.82, 2.24) is 0 Å². The van der Waals surface area contributed by atoms with E-state index in [1.807, 2.05) is 0 Å². The first-order valence-corrected chi connectivity index (χ1v) is 23.2. The van der Waals surface area contributed by atoms with Crippen LogP contribution in [0.2, 0.25) is 0 Å². The van der Waals surface area contributed by atoms with Crippen LogP contribution in [0.25, 0.3) is 0 Å². The highest BCUT2D eigenvalue weighted by Crippen LogP contribution is 2.16. The molecule has 0 radical (unpaired) electrons. The third-order valence-corrected chi connectivity index (χ3v) is 10.5. The van der Waals surface area contributed by atoms with Gasteiger partial charge in [0.15, 0.2) is 6.10 Å². The van der Waals surface area contributed by atoms with Crippen molar-refractivity contribution in [2.45, 2.75) is 259 Å². The van der Waals surface area contributed by atoms with E-state index >= 15 is 0 Å². The van der Waals surface area contributed by atoms with Gasteiger partial charge < -0.3 is 14.2 Å². The first-order chi connectivity index (χ1) is 25.7. The second-order valence-electron chi connectivity index (χ2n) is 17.0. The lowest BCUT2D eigenvalue weighted by atomic mass is 10.0. The minimum Gasteiger partial charge on any atom is -0.462 e. The van der Waals surface area contributed by atoms with E-state index in [0.29, 0.717) is 19.3 Å². The fourth-order valence-corrected chi connectivity index (χ4v) is 6.93. The van der Waals surface area contributed by atoms with Crippen molar-refractivity contribution in [3.8, 4) is 0 Å². The number of ether oxygens (including phenoxy) is 3. The fourth-order valence-electron chi connectivity index (χ4n) is 6.93. The molecule has 0 heterocycles. The van der Waals surface area contributed by atoms with E-state index in [1.165, 1.54) is 141 Å². The molecule has 1 atom stereocenters. The van der Waals surface area contributed by atoms with Crippen LogP contribution in [-0.2, 0) is 28.6 Å². The van der Waals surface area contributed by atoms with E-state index in [0.717, 1.165) is 69.6 Å². The standard InChI is InChI=1S/C47H90O6/c1-6-7-8-9-10-11-17-23-29-34-39-47(50)53-44(41-52-46(49)38-33-28-24-19-21-26-31-36-43(4)5)40-51-45(48)37-32-27-22-18-15-13-12-14-16-20-25-30-35-42(2)3/h42-44H,6-41H2,1-5H3/t44-/m1/s1. The molecule has 0 saturated heterocycles. The Kier molecular flexibility index (Phi) is 38.9. The van der Waals surface area contributed by atoms with E-state index in [9.17, 15) is 14.4 Å². The predicted molar refractivity (Wildman–Crippen MR) is 224 cm³/mol. The summed E-state index contributed by atoms with van der Waals surface area (Å²) in [4.78, 5) is 37.7. The molecule has 0 spiro atoms. The Labute approximate surface area is 329 Å². The molecule has 0 rings (SSSR count). The van der Waals surface area contributed by atoms with Gasteiger partial charge in [0.05, 0.1) is 0 Å². The van der Waals surface area contributed by atoms with Gasteiger partial charge >= 0.3 is 17.9 Å². The normalized spacial score (nSPS) is 12.1. The zero-order valence-corrected chi connectivity index (χ0v) is 36.1. The van der Waals surface area contributed by atoms with Gasteiger partial charge in [-0.05, 0) is 31.1 Å². The number of esters is 3. The average molecular weight is 751 g/mol. The Morgan fingerprint density at radius 3 is 0.925 bits per heavy atom. The molecule has 6 nitrogen and oxygen atoms in total. The molecule has 0 unspecified atom stereocenters. The maximum absolute atomic E-state index is 12.7. The molecule has 0 aromatic heterocycles. The Hall–Kier alpha value is -1.59. The van der Waals surface area contributed by atoms with Crippen molar-refractivity contribution in [2.24, 2.45) is 11.8 Å². The zero-order valence-electron chi connectivity index (χ0n) is 36.1. The minimum atomic E-state index is -0.760. The highest BCUT2D eigenvalue weighted by molar-refractivity contribution is 5.71. The lowest BCUT2D eigenvalue weighted by Gasteiger charge is -2.18. The summed E-state index contributed by atoms with van der Waals surface area (Å²) in [7, 11) is 0. The van der Waals surface area contributed by atoms with Crippen LogP contribution >= 0.6 is 0 Å². The van der Waals surface area contributed by atoms with Crippen LogP contribution < -0.4 is 0 Å². The predicted octanol–water partition coefficient (Wildman–Crippen LogP) is 14.6. The van der Waals surface area contributed by atoms with Crippen LogP contribution in [-0.4, -0.2) is 37.2 Å². The maximum Gasteiger partial charge on any atom is 0.306 e. The fraction of sp³-hybridized carbons (Fsp3) is 0.936. The molecule has 0 bridgehead atoms. The van der Waals surface area contributed by atoms with Gasteiger partial charge in [-0.1, -0.05) is 214 Å². The number of unbranched alkanes of at least 4 members (excludes halogenated alkanes) is 26. The van der Waals surface area contributed by atoms with Gasteiger partial charge in [0.2, 0.25) is 0 Å². The number of rotatable bonds is 41. The van der Waals surface area contributed by atoms with Gasteiger partial charge in [-0.15, -0.1) is 0 Å². The Morgan fingerprint density at radius 2 is 0.623 bits per heavy atom. The maximum atomic E-state index is 12.7. The van der Waals surface area contributed by atoms with Crippen molar-refractivity contribution < 1.29 is 28.6 Å². The second-order valence-corrected chi connectivity index (χ2v) is 17.0. The van der Waals surface area contributed by atoms with Gasteiger partial charge in [0.25, 0.3) is 0 Å². The van der Waals surface area contributed by atoms with Gasteiger partial charge in [-0.3, -0.25) is 14.4 Å². The Bertz CT molecular complexity index is 809. The molecule has 53 heavy (non-hydrogen) atoms. The van der Waals surface area contributed by atoms with Crippen LogP contribution in [0.4, 0.5) is 0 Å². The van der Waals surface area contributed by atoms with E-state index < -0.39 is 6.10 Å². The van der Waals surface area contributed by atoms with Crippen molar-refractivity contribution in [3.63, 3.8) is 0 Å². The summed E-state index contributed by atoms with van der Waals surface area (Å²) in [6.45, 7) is 11.3. The van der Waals surface area contributed by atoms with Crippen LogP contribution in [0.5, 0.6) is 0 Å². The van der Waals surface area contributed by atoms with Gasteiger partial charge in [-0.2, -0.15) is 0 Å². The highest BCUT2D eigenvalue weighted by atomic mass is 16.6. The molecule has 0 N–H and O–H groups in total. The summed E-state index contributed by atoms with van der Waals surface area (Å²) in [5, 5.41) is 0. The van der Waals surface area contributed by atoms with Crippen molar-refractivity contribution >= 4 is 17.9 Å². The topological polar surface area (TPSA) is 78.9 Å².